The summed E-state index contributed by atoms with van der Waals surface area (Å²) in [6, 6.07) is 0. The van der Waals surface area contributed by atoms with Crippen LogP contribution in [0.25, 0.3) is 0 Å². The molecule has 0 unspecified atom stereocenters. The van der Waals surface area contributed by atoms with Crippen LogP contribution in [0.1, 0.15) is 12.8 Å². The average Bonchev–Trinajstić information content (AvgIpc) is 3.01. The minimum atomic E-state index is -1.04. The molecular formula is C17H22FeSi+2. The van der Waals surface area contributed by atoms with Crippen LogP contribution in [0, 0.1) is 63.2 Å². The van der Waals surface area contributed by atoms with Gasteiger partial charge in [0.1, 0.15) is 0 Å². The molecule has 0 N–H and O–H groups in total. The summed E-state index contributed by atoms with van der Waals surface area (Å²) in [5, 5.41) is 1.73. The monoisotopic (exact) mass is 310 g/mol. The van der Waals surface area contributed by atoms with Crippen molar-refractivity contribution in [3.63, 3.8) is 0 Å². The van der Waals surface area contributed by atoms with E-state index in [0.717, 1.165) is 0 Å². The first-order chi connectivity index (χ1) is 8.57. The number of fused-ring (bicyclic) bond motifs is 1. The maximum absolute atomic E-state index is 2.47. The molecule has 0 heterocycles. The summed E-state index contributed by atoms with van der Waals surface area (Å²) in [7, 11) is -1.04. The van der Waals surface area contributed by atoms with Crippen LogP contribution >= 0.6 is 0 Å². The zero-order chi connectivity index (χ0) is 13.0. The van der Waals surface area contributed by atoms with Crippen LogP contribution in [0.4, 0.5) is 0 Å². The van der Waals surface area contributed by atoms with Gasteiger partial charge in [0.15, 0.2) is 0 Å². The van der Waals surface area contributed by atoms with Crippen LogP contribution in [-0.2, 0) is 17.1 Å². The van der Waals surface area contributed by atoms with E-state index in [1.165, 1.54) is 12.8 Å². The summed E-state index contributed by atoms with van der Waals surface area (Å²) in [6.07, 6.45) is 21.6. The number of allylic oxidation sites excluding steroid dienone is 2. The van der Waals surface area contributed by atoms with Crippen molar-refractivity contribution in [3.05, 3.63) is 74.5 Å². The number of hydrogen-bond acceptors (Lipinski definition) is 0. The normalized spacial score (nSPS) is 24.1. The largest absolute Gasteiger partial charge is 2.00 e. The van der Waals surface area contributed by atoms with Gasteiger partial charge in [-0.05, 0) is 76.0 Å². The predicted octanol–water partition coefficient (Wildman–Crippen LogP) is 4.38. The van der Waals surface area contributed by atoms with Crippen molar-refractivity contribution in [2.75, 3.05) is 0 Å². The molecule has 100 valence electrons. The molecule has 0 aliphatic heterocycles. The van der Waals surface area contributed by atoms with Gasteiger partial charge in [-0.25, -0.2) is 0 Å². The Morgan fingerprint density at radius 2 is 1.32 bits per heavy atom. The molecule has 0 aromatic heterocycles. The van der Waals surface area contributed by atoms with Gasteiger partial charge in [-0.3, -0.25) is 0 Å². The molecule has 0 spiro atoms. The van der Waals surface area contributed by atoms with Gasteiger partial charge in [-0.15, -0.1) is 0 Å². The van der Waals surface area contributed by atoms with E-state index in [4.69, 9.17) is 0 Å². The van der Waals surface area contributed by atoms with Crippen molar-refractivity contribution in [2.45, 2.75) is 32.5 Å². The fourth-order valence-corrected chi connectivity index (χ4v) is 3.70. The van der Waals surface area contributed by atoms with Crippen molar-refractivity contribution in [3.8, 4) is 0 Å². The molecule has 0 aromatic rings. The van der Waals surface area contributed by atoms with Crippen LogP contribution in [0.15, 0.2) is 11.3 Å². The van der Waals surface area contributed by atoms with E-state index in [0.29, 0.717) is 0 Å². The van der Waals surface area contributed by atoms with E-state index < -0.39 is 8.07 Å². The second-order valence-electron chi connectivity index (χ2n) is 5.90. The second kappa shape index (κ2) is 8.05. The average molecular weight is 310 g/mol. The Morgan fingerprint density at radius 1 is 0.789 bits per heavy atom. The molecule has 3 rings (SSSR count). The Balaban J connectivity index is 0.000000256. The van der Waals surface area contributed by atoms with Gasteiger partial charge in [0.25, 0.3) is 0 Å². The first-order valence-electron chi connectivity index (χ1n) is 6.67. The minimum Gasteiger partial charge on any atom is -0.0885 e. The van der Waals surface area contributed by atoms with Crippen molar-refractivity contribution in [1.82, 2.24) is 0 Å². The molecular weight excluding hydrogens is 288 g/mol. The third kappa shape index (κ3) is 5.40. The SMILES string of the molecule is C[Si](C)(C)C1=CC[C]2[CH][CH][CH][C]2C1.[CH]1[CH][CH][CH][CH]1.[Fe+2]. The quantitative estimate of drug-likeness (QED) is 0.631. The molecule has 0 bridgehead atoms. The first kappa shape index (κ1) is 17.5. The summed E-state index contributed by atoms with van der Waals surface area (Å²) in [5.74, 6) is 3.11. The van der Waals surface area contributed by atoms with Crippen LogP contribution in [-0.4, -0.2) is 8.07 Å². The maximum Gasteiger partial charge on any atom is 2.00 e. The Kier molecular flexibility index (Phi) is 7.43. The van der Waals surface area contributed by atoms with Crippen LogP contribution in [0.3, 0.4) is 0 Å². The zero-order valence-electron chi connectivity index (χ0n) is 12.0. The molecule has 0 nitrogen and oxygen atoms in total. The van der Waals surface area contributed by atoms with Gasteiger partial charge in [0.05, 0.1) is 8.07 Å². The fourth-order valence-electron chi connectivity index (χ4n) is 2.27. The molecule has 19 heavy (non-hydrogen) atoms. The molecule has 3 aliphatic carbocycles. The zero-order valence-corrected chi connectivity index (χ0v) is 14.1. The molecule has 0 amide bonds. The Morgan fingerprint density at radius 3 is 1.84 bits per heavy atom. The Bertz CT molecular complexity index is 279. The number of hydrogen-bond donors (Lipinski definition) is 0. The van der Waals surface area contributed by atoms with Crippen LogP contribution in [0.2, 0.25) is 19.6 Å². The third-order valence-corrected chi connectivity index (χ3v) is 5.78. The van der Waals surface area contributed by atoms with Crippen LogP contribution < -0.4 is 0 Å². The van der Waals surface area contributed by atoms with Gasteiger partial charge < -0.3 is 0 Å². The maximum atomic E-state index is 2.47. The fraction of sp³-hybridized carbons (Fsp3) is 0.294. The van der Waals surface area contributed by atoms with E-state index in [9.17, 15) is 0 Å². The van der Waals surface area contributed by atoms with E-state index in [1.54, 1.807) is 17.0 Å². The van der Waals surface area contributed by atoms with E-state index in [-0.39, 0.29) is 17.1 Å². The summed E-state index contributed by atoms with van der Waals surface area (Å²) < 4.78 is 0. The molecule has 0 aromatic carbocycles. The number of rotatable bonds is 1. The first-order valence-corrected chi connectivity index (χ1v) is 10.2. The third-order valence-electron chi connectivity index (χ3n) is 3.48. The van der Waals surface area contributed by atoms with Crippen molar-refractivity contribution >= 4 is 8.07 Å². The molecule has 2 saturated carbocycles. The van der Waals surface area contributed by atoms with Gasteiger partial charge in [-0.2, -0.15) is 0 Å². The van der Waals surface area contributed by atoms with Gasteiger partial charge in [0, 0.05) is 0 Å². The summed E-state index contributed by atoms with van der Waals surface area (Å²) in [5.41, 5.74) is 0. The molecule has 10 radical (unpaired) electrons. The molecule has 0 saturated heterocycles. The topological polar surface area (TPSA) is 0 Å². The minimum absolute atomic E-state index is 0. The van der Waals surface area contributed by atoms with Gasteiger partial charge in [0.2, 0.25) is 0 Å². The van der Waals surface area contributed by atoms with E-state index in [2.05, 4.69) is 45.0 Å². The molecule has 2 heteroatoms. The molecule has 3 aliphatic rings. The standard InChI is InChI=1S/C12H17Si.C5H5.Fe/c1-13(2,3)12-8-7-10-5-4-6-11(10)9-12;1-2-4-5-3-1;/h4-6,8H,7,9H2,1-3H3;1-5H;/q;;+2. The smallest absolute Gasteiger partial charge is 0.0885 e. The summed E-state index contributed by atoms with van der Waals surface area (Å²) in [4.78, 5) is 0. The van der Waals surface area contributed by atoms with E-state index in [1.807, 2.05) is 32.1 Å². The van der Waals surface area contributed by atoms with Gasteiger partial charge >= 0.3 is 17.1 Å². The Labute approximate surface area is 132 Å². The van der Waals surface area contributed by atoms with Crippen molar-refractivity contribution in [2.24, 2.45) is 0 Å². The van der Waals surface area contributed by atoms with Gasteiger partial charge in [-0.1, -0.05) is 30.9 Å². The predicted molar refractivity (Wildman–Crippen MR) is 81.5 cm³/mol. The van der Waals surface area contributed by atoms with Crippen molar-refractivity contribution < 1.29 is 17.1 Å². The van der Waals surface area contributed by atoms with Crippen LogP contribution in [0.5, 0.6) is 0 Å². The Hall–Kier alpha value is 0.476. The summed E-state index contributed by atoms with van der Waals surface area (Å²) in [6.45, 7) is 7.31. The molecule has 0 atom stereocenters. The van der Waals surface area contributed by atoms with Crippen molar-refractivity contribution in [1.29, 1.82) is 0 Å². The molecule has 2 fully saturated rings. The van der Waals surface area contributed by atoms with E-state index >= 15 is 0 Å². The second-order valence-corrected chi connectivity index (χ2v) is 11.0. The summed E-state index contributed by atoms with van der Waals surface area (Å²) >= 11 is 0.